The van der Waals surface area contributed by atoms with Gasteiger partial charge in [-0.1, -0.05) is 84.9 Å². The minimum Gasteiger partial charge on any atom is -0.465 e. The second kappa shape index (κ2) is 21.4. The largest absolute Gasteiger partial charge is 0.495 e. The van der Waals surface area contributed by atoms with Crippen molar-refractivity contribution in [3.05, 3.63) is 174 Å². The molecule has 4 atom stereocenters. The van der Waals surface area contributed by atoms with Crippen molar-refractivity contribution in [1.82, 2.24) is 29.2 Å². The number of piperidine rings is 2. The van der Waals surface area contributed by atoms with E-state index in [1.807, 2.05) is 134 Å². The number of ether oxygens (including phenoxy) is 2. The SMILES string of the molecule is Brc1cnn2cc(-c3ccc(N4C[C@H]5CC[C@@H]4C5)cc3)cnc12.COC(=O)c1ccc(-c2cnn3cc(-c4ccc(N5C[C@H]6CC[C@@H]5C6)cc4)cnc23)c2ccccc12.COC(=O)c1ccc(B2OC(C)(C)C(C)(C)O2)c2ccccc12. The zero-order chi connectivity index (χ0) is 56.4. The van der Waals surface area contributed by atoms with Crippen LogP contribution >= 0.6 is 15.9 Å². The van der Waals surface area contributed by atoms with Crippen molar-refractivity contribution in [2.45, 2.75) is 89.5 Å². The molecule has 2 saturated carbocycles. The molecule has 0 spiro atoms. The molecule has 3 aliphatic heterocycles. The first kappa shape index (κ1) is 53.4. The lowest BCUT2D eigenvalue weighted by atomic mass is 9.75. The Morgan fingerprint density at radius 3 is 1.52 bits per heavy atom. The van der Waals surface area contributed by atoms with Crippen molar-refractivity contribution >= 4 is 84.7 Å². The van der Waals surface area contributed by atoms with Crippen LogP contribution in [-0.2, 0) is 18.8 Å². The van der Waals surface area contributed by atoms with E-state index < -0.39 is 18.3 Å². The van der Waals surface area contributed by atoms with Crippen LogP contribution in [0.4, 0.5) is 11.4 Å². The average molecular weight is 1160 g/mol. The first-order chi connectivity index (χ1) is 39.7. The molecule has 16 heteroatoms. The van der Waals surface area contributed by atoms with Crippen LogP contribution in [0.3, 0.4) is 0 Å². The summed E-state index contributed by atoms with van der Waals surface area (Å²) in [4.78, 5) is 38.7. The topological polar surface area (TPSA) is 138 Å². The van der Waals surface area contributed by atoms with Gasteiger partial charge in [0.1, 0.15) is 0 Å². The Balaban J connectivity index is 0.000000120. The Kier molecular flexibility index (Phi) is 14.0. The molecule has 5 fully saturated rings. The van der Waals surface area contributed by atoms with Crippen molar-refractivity contribution in [3.8, 4) is 33.4 Å². The number of carbonyl (C=O) groups excluding carboxylic acids is 2. The Hall–Kier alpha value is -7.92. The van der Waals surface area contributed by atoms with Gasteiger partial charge in [0.25, 0.3) is 0 Å². The second-order valence-electron chi connectivity index (χ2n) is 23.4. The highest BCUT2D eigenvalue weighted by Gasteiger charge is 2.52. The molecule has 0 unspecified atom stereocenters. The van der Waals surface area contributed by atoms with Gasteiger partial charge in [0.05, 0.1) is 53.4 Å². The summed E-state index contributed by atoms with van der Waals surface area (Å²) in [6.07, 6.45) is 19.7. The molecule has 15 rings (SSSR count). The van der Waals surface area contributed by atoms with Crippen LogP contribution < -0.4 is 15.3 Å². The third-order valence-electron chi connectivity index (χ3n) is 18.0. The predicted octanol–water partition coefficient (Wildman–Crippen LogP) is 13.1. The van der Waals surface area contributed by atoms with Gasteiger partial charge in [-0.2, -0.15) is 10.2 Å². The maximum atomic E-state index is 12.3. The second-order valence-corrected chi connectivity index (χ2v) is 24.2. The summed E-state index contributed by atoms with van der Waals surface area (Å²) in [5, 5.41) is 12.5. The minimum absolute atomic E-state index is 0.344. The fraction of sp³-hybridized carbons (Fsp3) is 0.303. The van der Waals surface area contributed by atoms with E-state index in [4.69, 9.17) is 23.8 Å². The number of carbonyl (C=O) groups is 2. The van der Waals surface area contributed by atoms with Gasteiger partial charge in [-0.3, -0.25) is 0 Å². The molecule has 414 valence electrons. The van der Waals surface area contributed by atoms with Crippen LogP contribution in [0.25, 0.3) is 66.2 Å². The normalized spacial score (nSPS) is 20.1. The standard InChI is InChI=1S/C30H26N4O2.C18H21BO4.C18H17BrN4/c1-36-30(35)27-13-12-26(24-4-2-3-5-25(24)27)28-16-32-34-18-21(15-31-29(28)34)20-7-10-22(11-8-20)33-17-19-6-9-23(33)14-19;1-17(2)18(3,4)23-19(22-17)15-11-10-14(16(20)21-5)12-8-6-7-9-13(12)15;19-17-9-21-23-11-14(8-20-18(17)23)13-2-5-15(6-3-13)22-10-12-1-4-16(22)7-12/h2-5,7-8,10-13,15-16,18-19,23H,6,9,14,17H2,1H3;6-11H,1-5H3;2-3,5-6,8-9,11-12,16H,1,4,7,10H2/t19-,23+;;12-,16+/m0.0/s1. The number of hydrogen-bond donors (Lipinski definition) is 0. The first-order valence-corrected chi connectivity index (χ1v) is 29.2. The summed E-state index contributed by atoms with van der Waals surface area (Å²) in [5.41, 5.74) is 11.8. The molecule has 82 heavy (non-hydrogen) atoms. The monoisotopic (exact) mass is 1150 g/mol. The summed E-state index contributed by atoms with van der Waals surface area (Å²) in [6.45, 7) is 10.5. The number of halogens is 1. The highest BCUT2D eigenvalue weighted by atomic mass is 79.9. The summed E-state index contributed by atoms with van der Waals surface area (Å²) in [6, 6.07) is 42.3. The van der Waals surface area contributed by atoms with Crippen molar-refractivity contribution in [3.63, 3.8) is 0 Å². The van der Waals surface area contributed by atoms with E-state index >= 15 is 0 Å². The van der Waals surface area contributed by atoms with Crippen LogP contribution in [-0.4, -0.2) is 98.8 Å². The van der Waals surface area contributed by atoms with Crippen LogP contribution in [0.5, 0.6) is 0 Å². The van der Waals surface area contributed by atoms with E-state index in [0.717, 1.165) is 94.5 Å². The number of aromatic nitrogens is 6. The lowest BCUT2D eigenvalue weighted by Gasteiger charge is -2.32. The van der Waals surface area contributed by atoms with E-state index in [0.29, 0.717) is 11.1 Å². The fourth-order valence-electron chi connectivity index (χ4n) is 13.0. The zero-order valence-corrected chi connectivity index (χ0v) is 48.5. The smallest absolute Gasteiger partial charge is 0.465 e. The summed E-state index contributed by atoms with van der Waals surface area (Å²) >= 11 is 3.46. The minimum atomic E-state index is -0.461. The van der Waals surface area contributed by atoms with E-state index in [9.17, 15) is 9.59 Å². The van der Waals surface area contributed by atoms with E-state index in [-0.39, 0.29) is 11.9 Å². The van der Waals surface area contributed by atoms with Gasteiger partial charge in [-0.15, -0.1) is 0 Å². The van der Waals surface area contributed by atoms with Gasteiger partial charge in [-0.05, 0) is 174 Å². The maximum absolute atomic E-state index is 12.3. The number of nitrogens with zero attached hydrogens (tertiary/aromatic N) is 8. The van der Waals surface area contributed by atoms with Crippen molar-refractivity contribution in [2.75, 3.05) is 37.1 Å². The van der Waals surface area contributed by atoms with E-state index in [2.05, 4.69) is 89.4 Å². The highest BCUT2D eigenvalue weighted by molar-refractivity contribution is 9.10. The number of hydrogen-bond acceptors (Lipinski definition) is 12. The molecular formula is C66H64BBrN8O6. The van der Waals surface area contributed by atoms with Gasteiger partial charge in [0, 0.05) is 78.0 Å². The first-order valence-electron chi connectivity index (χ1n) is 28.4. The van der Waals surface area contributed by atoms with Gasteiger partial charge >= 0.3 is 19.1 Å². The van der Waals surface area contributed by atoms with Gasteiger partial charge in [0.15, 0.2) is 11.3 Å². The van der Waals surface area contributed by atoms with E-state index in [1.165, 1.54) is 82.8 Å². The summed E-state index contributed by atoms with van der Waals surface area (Å²) < 4.78 is 26.7. The molecule has 0 amide bonds. The van der Waals surface area contributed by atoms with Crippen molar-refractivity contribution < 1.29 is 28.4 Å². The van der Waals surface area contributed by atoms with Crippen LogP contribution in [0.2, 0.25) is 0 Å². The quantitative estimate of drug-likeness (QED) is 0.106. The average Bonchev–Trinajstić information content (AvgIpc) is 4.44. The number of anilines is 2. The highest BCUT2D eigenvalue weighted by Crippen LogP contribution is 2.43. The van der Waals surface area contributed by atoms with Gasteiger partial charge in [0.2, 0.25) is 0 Å². The zero-order valence-electron chi connectivity index (χ0n) is 47.0. The number of methoxy groups -OCH3 is 2. The Morgan fingerprint density at radius 1 is 0.537 bits per heavy atom. The summed E-state index contributed by atoms with van der Waals surface area (Å²) in [5.74, 6) is 1.11. The lowest BCUT2D eigenvalue weighted by molar-refractivity contribution is 0.00578. The number of rotatable bonds is 8. The third kappa shape index (κ3) is 9.77. The van der Waals surface area contributed by atoms with Crippen molar-refractivity contribution in [2.24, 2.45) is 11.8 Å². The molecule has 14 nitrogen and oxygen atoms in total. The third-order valence-corrected chi connectivity index (χ3v) is 18.6. The van der Waals surface area contributed by atoms with Gasteiger partial charge in [-0.25, -0.2) is 28.6 Å². The Morgan fingerprint density at radius 2 is 1.01 bits per heavy atom. The molecular weight excluding hydrogens is 1090 g/mol. The molecule has 0 radical (unpaired) electrons. The molecule has 7 heterocycles. The molecule has 6 aromatic carbocycles. The molecule has 3 saturated heterocycles. The number of benzene rings is 6. The lowest BCUT2D eigenvalue weighted by Crippen LogP contribution is -2.41. The van der Waals surface area contributed by atoms with Crippen LogP contribution in [0.15, 0.2) is 163 Å². The van der Waals surface area contributed by atoms with Crippen LogP contribution in [0.1, 0.15) is 86.9 Å². The predicted molar refractivity (Wildman–Crippen MR) is 327 cm³/mol. The van der Waals surface area contributed by atoms with Gasteiger partial charge < -0.3 is 28.6 Å². The molecule has 10 aromatic rings. The van der Waals surface area contributed by atoms with E-state index in [1.54, 1.807) is 12.3 Å². The van der Waals surface area contributed by atoms with Crippen molar-refractivity contribution in [1.29, 1.82) is 0 Å². The number of esters is 2. The molecule has 2 aliphatic carbocycles. The molecule has 5 aliphatic rings. The Bertz CT molecular complexity index is 4060. The number of fused-ring (bicyclic) bond motifs is 8. The molecule has 4 aromatic heterocycles. The van der Waals surface area contributed by atoms with Crippen LogP contribution in [0, 0.1) is 11.8 Å². The molecule has 4 bridgehead atoms. The summed E-state index contributed by atoms with van der Waals surface area (Å²) in [7, 11) is 2.33. The molecule has 0 N–H and O–H groups in total. The maximum Gasteiger partial charge on any atom is 0.495 e. The fourth-order valence-corrected chi connectivity index (χ4v) is 13.4. The Labute approximate surface area is 485 Å².